The molecule has 0 spiro atoms. The summed E-state index contributed by atoms with van der Waals surface area (Å²) in [5, 5.41) is 0. The van der Waals surface area contributed by atoms with Gasteiger partial charge < -0.3 is 9.80 Å². The molecule has 1 aromatic rings. The zero-order chi connectivity index (χ0) is 19.8. The van der Waals surface area contributed by atoms with Crippen molar-refractivity contribution >= 4 is 21.8 Å². The summed E-state index contributed by atoms with van der Waals surface area (Å²) >= 11 is 0. The van der Waals surface area contributed by atoms with Crippen molar-refractivity contribution in [1.82, 2.24) is 14.3 Å². The first-order chi connectivity index (χ1) is 12.7. The third-order valence-electron chi connectivity index (χ3n) is 5.92. The van der Waals surface area contributed by atoms with Gasteiger partial charge in [-0.15, -0.1) is 0 Å². The van der Waals surface area contributed by atoms with Gasteiger partial charge in [-0.1, -0.05) is 6.92 Å². The molecule has 1 fully saturated rings. The summed E-state index contributed by atoms with van der Waals surface area (Å²) in [6.45, 7) is 11.1. The minimum atomic E-state index is -3.21. The number of fused-ring (bicyclic) bond motifs is 1. The van der Waals surface area contributed by atoms with E-state index in [-0.39, 0.29) is 11.8 Å². The Morgan fingerprint density at radius 1 is 1.19 bits per heavy atom. The number of nitrogens with zero attached hydrogens (tertiary/aromatic N) is 5. The van der Waals surface area contributed by atoms with E-state index in [1.807, 2.05) is 7.05 Å². The average molecular weight is 396 g/mol. The van der Waals surface area contributed by atoms with Gasteiger partial charge in [-0.3, -0.25) is 0 Å². The van der Waals surface area contributed by atoms with Gasteiger partial charge in [0.15, 0.2) is 0 Å². The molecule has 0 atom stereocenters. The molecule has 2 aliphatic heterocycles. The molecule has 0 unspecified atom stereocenters. The predicted octanol–water partition coefficient (Wildman–Crippen LogP) is 2.27. The highest BCUT2D eigenvalue weighted by molar-refractivity contribution is 7.89. The summed E-state index contributed by atoms with van der Waals surface area (Å²) in [4.78, 5) is 14.2. The quantitative estimate of drug-likeness (QED) is 0.762. The van der Waals surface area contributed by atoms with E-state index in [0.717, 1.165) is 54.9 Å². The molecular formula is C19H33N5O2S. The van der Waals surface area contributed by atoms with Crippen LogP contribution in [0.1, 0.15) is 51.8 Å². The second-order valence-corrected chi connectivity index (χ2v) is 10.4. The fourth-order valence-electron chi connectivity index (χ4n) is 3.67. The van der Waals surface area contributed by atoms with Crippen LogP contribution < -0.4 is 9.80 Å². The normalized spacial score (nSPS) is 19.4. The molecule has 3 heterocycles. The highest BCUT2D eigenvalue weighted by Crippen LogP contribution is 2.31. The largest absolute Gasteiger partial charge is 0.357 e. The van der Waals surface area contributed by atoms with Crippen LogP contribution in [0.2, 0.25) is 0 Å². The van der Waals surface area contributed by atoms with Crippen molar-refractivity contribution in [2.75, 3.05) is 42.2 Å². The number of rotatable bonds is 5. The van der Waals surface area contributed by atoms with Crippen molar-refractivity contribution in [3.63, 3.8) is 0 Å². The topological polar surface area (TPSA) is 69.6 Å². The van der Waals surface area contributed by atoms with Crippen molar-refractivity contribution in [2.45, 2.75) is 59.5 Å². The highest BCUT2D eigenvalue weighted by atomic mass is 32.2. The number of hydrogen-bond acceptors (Lipinski definition) is 6. The second-order valence-electron chi connectivity index (χ2n) is 8.13. The summed E-state index contributed by atoms with van der Waals surface area (Å²) < 4.78 is 26.4. The van der Waals surface area contributed by atoms with Crippen molar-refractivity contribution in [3.05, 3.63) is 11.3 Å². The number of sulfonamides is 1. The van der Waals surface area contributed by atoms with E-state index >= 15 is 0 Å². The Balaban J connectivity index is 1.99. The van der Waals surface area contributed by atoms with Crippen molar-refractivity contribution < 1.29 is 8.42 Å². The molecule has 152 valence electrons. The predicted molar refractivity (Wildman–Crippen MR) is 110 cm³/mol. The number of hydrogen-bond donors (Lipinski definition) is 0. The first-order valence-corrected chi connectivity index (χ1v) is 11.7. The number of aromatic nitrogens is 2. The molecule has 7 nitrogen and oxygen atoms in total. The molecule has 8 heteroatoms. The maximum Gasteiger partial charge on any atom is 0.227 e. The standard InChI is InChI=1S/C19H33N5O2S/c1-6-27(25,26)24-12-9-17-16(13-24)18(22(5)14(2)3)21-19(20-17)23-10-7-15(4)8-11-23/h14-15H,6-13H2,1-5H3. The summed E-state index contributed by atoms with van der Waals surface area (Å²) in [7, 11) is -1.18. The highest BCUT2D eigenvalue weighted by Gasteiger charge is 2.31. The molecule has 27 heavy (non-hydrogen) atoms. The number of piperidine rings is 1. The van der Waals surface area contributed by atoms with Gasteiger partial charge in [0.1, 0.15) is 5.82 Å². The maximum atomic E-state index is 12.4. The van der Waals surface area contributed by atoms with E-state index in [1.165, 1.54) is 0 Å². The molecule has 0 bridgehead atoms. The van der Waals surface area contributed by atoms with Gasteiger partial charge in [0, 0.05) is 51.3 Å². The second kappa shape index (κ2) is 7.91. The smallest absolute Gasteiger partial charge is 0.227 e. The van der Waals surface area contributed by atoms with Crippen LogP contribution in [0.4, 0.5) is 11.8 Å². The molecule has 0 saturated carbocycles. The minimum absolute atomic E-state index is 0.128. The van der Waals surface area contributed by atoms with Crippen LogP contribution in [-0.2, 0) is 23.0 Å². The Morgan fingerprint density at radius 2 is 1.85 bits per heavy atom. The van der Waals surface area contributed by atoms with Crippen LogP contribution in [0.5, 0.6) is 0 Å². The van der Waals surface area contributed by atoms with Crippen molar-refractivity contribution in [1.29, 1.82) is 0 Å². The van der Waals surface area contributed by atoms with Crippen LogP contribution in [-0.4, -0.2) is 61.2 Å². The lowest BCUT2D eigenvalue weighted by Gasteiger charge is -2.35. The lowest BCUT2D eigenvalue weighted by molar-refractivity contribution is 0.386. The molecule has 1 saturated heterocycles. The Bertz CT molecular complexity index is 773. The van der Waals surface area contributed by atoms with E-state index in [1.54, 1.807) is 11.2 Å². The van der Waals surface area contributed by atoms with Crippen LogP contribution in [0.3, 0.4) is 0 Å². The Labute approximate surface area is 163 Å². The Hall–Kier alpha value is -1.41. The molecule has 0 N–H and O–H groups in total. The van der Waals surface area contributed by atoms with Gasteiger partial charge in [0.25, 0.3) is 0 Å². The molecule has 0 aromatic carbocycles. The van der Waals surface area contributed by atoms with Gasteiger partial charge in [-0.05, 0) is 39.5 Å². The molecule has 3 rings (SSSR count). The SMILES string of the molecule is CCS(=O)(=O)N1CCc2nc(N3CCC(C)CC3)nc(N(C)C(C)C)c2C1. The molecule has 0 aliphatic carbocycles. The average Bonchev–Trinajstić information content (AvgIpc) is 2.66. The molecule has 0 amide bonds. The van der Waals surface area contributed by atoms with Gasteiger partial charge in [-0.2, -0.15) is 9.29 Å². The molecule has 1 aromatic heterocycles. The lowest BCUT2D eigenvalue weighted by Crippen LogP contribution is -2.40. The van der Waals surface area contributed by atoms with Crippen LogP contribution in [0.15, 0.2) is 0 Å². The van der Waals surface area contributed by atoms with Gasteiger partial charge in [0.2, 0.25) is 16.0 Å². The fourth-order valence-corrected chi connectivity index (χ4v) is 4.73. The Kier molecular flexibility index (Phi) is 5.96. The van der Waals surface area contributed by atoms with Gasteiger partial charge in [-0.25, -0.2) is 13.4 Å². The summed E-state index contributed by atoms with van der Waals surface area (Å²) in [6.07, 6.45) is 2.98. The molecule has 2 aliphatic rings. The lowest BCUT2D eigenvalue weighted by atomic mass is 9.99. The summed E-state index contributed by atoms with van der Waals surface area (Å²) in [6, 6.07) is 0.274. The maximum absolute atomic E-state index is 12.4. The minimum Gasteiger partial charge on any atom is -0.357 e. The van der Waals surface area contributed by atoms with Crippen molar-refractivity contribution in [2.24, 2.45) is 5.92 Å². The van der Waals surface area contributed by atoms with Crippen molar-refractivity contribution in [3.8, 4) is 0 Å². The van der Waals surface area contributed by atoms with Gasteiger partial charge >= 0.3 is 0 Å². The molecule has 0 radical (unpaired) electrons. The zero-order valence-corrected chi connectivity index (χ0v) is 18.1. The Morgan fingerprint density at radius 3 is 2.44 bits per heavy atom. The van der Waals surface area contributed by atoms with E-state index in [0.29, 0.717) is 19.5 Å². The molecular weight excluding hydrogens is 362 g/mol. The first-order valence-electron chi connectivity index (χ1n) is 10.1. The zero-order valence-electron chi connectivity index (χ0n) is 17.3. The van der Waals surface area contributed by atoms with Gasteiger partial charge in [0.05, 0.1) is 11.4 Å². The van der Waals surface area contributed by atoms with Crippen LogP contribution >= 0.6 is 0 Å². The van der Waals surface area contributed by atoms with E-state index in [9.17, 15) is 8.42 Å². The first kappa shape index (κ1) is 20.3. The summed E-state index contributed by atoms with van der Waals surface area (Å²) in [5.74, 6) is 2.56. The van der Waals surface area contributed by atoms with Crippen LogP contribution in [0.25, 0.3) is 0 Å². The summed E-state index contributed by atoms with van der Waals surface area (Å²) in [5.41, 5.74) is 1.97. The van der Waals surface area contributed by atoms with Crippen LogP contribution in [0, 0.1) is 5.92 Å². The monoisotopic (exact) mass is 395 g/mol. The van der Waals surface area contributed by atoms with E-state index in [2.05, 4.69) is 30.6 Å². The third kappa shape index (κ3) is 4.21. The van der Waals surface area contributed by atoms with E-state index < -0.39 is 10.0 Å². The fraction of sp³-hybridized carbons (Fsp3) is 0.789. The van der Waals surface area contributed by atoms with E-state index in [4.69, 9.17) is 9.97 Å². The number of anilines is 2. The third-order valence-corrected chi connectivity index (χ3v) is 7.75.